The smallest absolute Gasteiger partial charge is 0.222 e. The average Bonchev–Trinajstić information content (AvgIpc) is 2.35. The quantitative estimate of drug-likeness (QED) is 0.555. The van der Waals surface area contributed by atoms with Gasteiger partial charge in [0.25, 0.3) is 0 Å². The Morgan fingerprint density at radius 2 is 1.94 bits per heavy atom. The number of carbonyl (C=O) groups is 1. The van der Waals surface area contributed by atoms with Crippen molar-refractivity contribution in [1.82, 2.24) is 4.90 Å². The second-order valence-corrected chi connectivity index (χ2v) is 5.81. The van der Waals surface area contributed by atoms with Crippen LogP contribution >= 0.6 is 15.9 Å². The summed E-state index contributed by atoms with van der Waals surface area (Å²) in [5.74, 6) is 0.307. The lowest BCUT2D eigenvalue weighted by Gasteiger charge is -2.36. The second-order valence-electron chi connectivity index (χ2n) is 5.02. The van der Waals surface area contributed by atoms with E-state index in [1.807, 2.05) is 4.90 Å². The van der Waals surface area contributed by atoms with Crippen LogP contribution < -0.4 is 0 Å². The summed E-state index contributed by atoms with van der Waals surface area (Å²) in [6.45, 7) is 3.19. The molecule has 0 aromatic rings. The van der Waals surface area contributed by atoms with E-state index in [-0.39, 0.29) is 0 Å². The molecule has 2 rings (SSSR count). The highest BCUT2D eigenvalue weighted by molar-refractivity contribution is 9.09. The fourth-order valence-corrected chi connectivity index (χ4v) is 2.73. The largest absolute Gasteiger partial charge is 0.376 e. The fraction of sp³-hybridized carbons (Fsp3) is 0.923. The number of hydrogen-bond donors (Lipinski definition) is 0. The molecule has 0 atom stereocenters. The van der Waals surface area contributed by atoms with Gasteiger partial charge in [-0.05, 0) is 25.7 Å². The molecule has 1 amide bonds. The van der Waals surface area contributed by atoms with Crippen LogP contribution in [-0.2, 0) is 14.3 Å². The summed E-state index contributed by atoms with van der Waals surface area (Å²) in [5, 5.41) is 0.986. The van der Waals surface area contributed by atoms with Gasteiger partial charge in [-0.25, -0.2) is 0 Å². The van der Waals surface area contributed by atoms with Crippen LogP contribution in [0.1, 0.15) is 32.1 Å². The summed E-state index contributed by atoms with van der Waals surface area (Å²) in [7, 11) is 0. The van der Waals surface area contributed by atoms with Crippen LogP contribution in [0.4, 0.5) is 0 Å². The molecule has 0 aromatic heterocycles. The minimum Gasteiger partial charge on any atom is -0.376 e. The molecule has 0 radical (unpaired) electrons. The van der Waals surface area contributed by atoms with Crippen LogP contribution in [0.25, 0.3) is 0 Å². The Bertz CT molecular complexity index is 263. The summed E-state index contributed by atoms with van der Waals surface area (Å²) in [6, 6.07) is 0. The van der Waals surface area contributed by atoms with Crippen molar-refractivity contribution in [3.63, 3.8) is 0 Å². The molecule has 2 fully saturated rings. The Balaban J connectivity index is 1.61. The fourth-order valence-electron chi connectivity index (χ4n) is 2.33. The van der Waals surface area contributed by atoms with E-state index in [1.165, 1.54) is 0 Å². The number of halogens is 1. The van der Waals surface area contributed by atoms with Crippen molar-refractivity contribution in [3.8, 4) is 0 Å². The van der Waals surface area contributed by atoms with E-state index in [2.05, 4.69) is 15.9 Å². The Morgan fingerprint density at radius 3 is 2.50 bits per heavy atom. The van der Waals surface area contributed by atoms with Gasteiger partial charge in [-0.15, -0.1) is 0 Å². The number of amides is 1. The molecule has 5 heteroatoms. The maximum atomic E-state index is 11.9. The first kappa shape index (κ1) is 14.3. The summed E-state index contributed by atoms with van der Waals surface area (Å²) in [6.07, 6.45) is 5.32. The van der Waals surface area contributed by atoms with Crippen molar-refractivity contribution >= 4 is 21.8 Å². The van der Waals surface area contributed by atoms with Gasteiger partial charge in [0, 0.05) is 24.8 Å². The van der Waals surface area contributed by atoms with Gasteiger partial charge >= 0.3 is 0 Å². The molecule has 0 N–H and O–H groups in total. The maximum absolute atomic E-state index is 11.9. The van der Waals surface area contributed by atoms with Crippen LogP contribution in [0.15, 0.2) is 0 Å². The molecule has 0 aromatic carbocycles. The number of nitrogens with zero attached hydrogens (tertiary/aromatic N) is 1. The van der Waals surface area contributed by atoms with Crippen molar-refractivity contribution in [1.29, 1.82) is 0 Å². The van der Waals surface area contributed by atoms with E-state index in [0.717, 1.165) is 57.3 Å². The number of rotatable bonds is 6. The van der Waals surface area contributed by atoms with Crippen molar-refractivity contribution < 1.29 is 14.3 Å². The third-order valence-corrected chi connectivity index (χ3v) is 4.12. The molecule has 104 valence electrons. The second kappa shape index (κ2) is 7.46. The first-order chi connectivity index (χ1) is 8.79. The van der Waals surface area contributed by atoms with Gasteiger partial charge in [-0.1, -0.05) is 15.9 Å². The van der Waals surface area contributed by atoms with Crippen LogP contribution in [-0.4, -0.2) is 54.6 Å². The van der Waals surface area contributed by atoms with Gasteiger partial charge in [0.15, 0.2) is 0 Å². The lowest BCUT2D eigenvalue weighted by molar-refractivity contribution is -0.165. The zero-order chi connectivity index (χ0) is 12.8. The van der Waals surface area contributed by atoms with Crippen LogP contribution in [0.5, 0.6) is 0 Å². The Hall–Kier alpha value is -0.130. The SMILES string of the molecule is O=C(CCCCBr)N1CCC(OC2COC2)CC1. The lowest BCUT2D eigenvalue weighted by Crippen LogP contribution is -2.45. The highest BCUT2D eigenvalue weighted by Crippen LogP contribution is 2.19. The normalized spacial score (nSPS) is 21.9. The zero-order valence-electron chi connectivity index (χ0n) is 10.8. The van der Waals surface area contributed by atoms with Gasteiger partial charge in [0.2, 0.25) is 5.91 Å². The Morgan fingerprint density at radius 1 is 1.22 bits per heavy atom. The summed E-state index contributed by atoms with van der Waals surface area (Å²) < 4.78 is 11.0. The predicted octanol–water partition coefficient (Wildman–Crippen LogP) is 1.96. The van der Waals surface area contributed by atoms with E-state index in [4.69, 9.17) is 9.47 Å². The Labute approximate surface area is 117 Å². The van der Waals surface area contributed by atoms with E-state index in [0.29, 0.717) is 24.5 Å². The van der Waals surface area contributed by atoms with Crippen molar-refractivity contribution in [2.75, 3.05) is 31.6 Å². The number of ether oxygens (including phenoxy) is 2. The number of unbranched alkanes of at least 4 members (excludes halogenated alkanes) is 1. The molecule has 2 aliphatic heterocycles. The zero-order valence-corrected chi connectivity index (χ0v) is 12.4. The average molecular weight is 320 g/mol. The van der Waals surface area contributed by atoms with E-state index in [9.17, 15) is 4.79 Å². The standard InChI is InChI=1S/C13H22BrNO3/c14-6-2-1-3-13(16)15-7-4-11(5-8-15)18-12-9-17-10-12/h11-12H,1-10H2. The number of likely N-dealkylation sites (tertiary alicyclic amines) is 1. The van der Waals surface area contributed by atoms with Gasteiger partial charge in [0.05, 0.1) is 19.3 Å². The minimum absolute atomic E-state index is 0.302. The maximum Gasteiger partial charge on any atom is 0.222 e. The molecule has 18 heavy (non-hydrogen) atoms. The van der Waals surface area contributed by atoms with Gasteiger partial charge in [-0.3, -0.25) is 4.79 Å². The highest BCUT2D eigenvalue weighted by Gasteiger charge is 2.27. The lowest BCUT2D eigenvalue weighted by atomic mass is 10.1. The molecule has 2 aliphatic rings. The van der Waals surface area contributed by atoms with Gasteiger partial charge in [-0.2, -0.15) is 0 Å². The molecule has 0 aliphatic carbocycles. The van der Waals surface area contributed by atoms with Crippen molar-refractivity contribution in [2.45, 2.75) is 44.3 Å². The first-order valence-electron chi connectivity index (χ1n) is 6.86. The molecule has 0 unspecified atom stereocenters. The number of piperidine rings is 1. The van der Waals surface area contributed by atoms with Crippen molar-refractivity contribution in [2.24, 2.45) is 0 Å². The van der Waals surface area contributed by atoms with Gasteiger partial charge in [0.1, 0.15) is 6.10 Å². The van der Waals surface area contributed by atoms with Crippen LogP contribution in [0.3, 0.4) is 0 Å². The molecule has 0 spiro atoms. The number of hydrogen-bond acceptors (Lipinski definition) is 3. The summed E-state index contributed by atoms with van der Waals surface area (Å²) in [5.41, 5.74) is 0. The van der Waals surface area contributed by atoms with Crippen LogP contribution in [0.2, 0.25) is 0 Å². The first-order valence-corrected chi connectivity index (χ1v) is 7.98. The topological polar surface area (TPSA) is 38.8 Å². The van der Waals surface area contributed by atoms with E-state index in [1.54, 1.807) is 0 Å². The van der Waals surface area contributed by atoms with Crippen molar-refractivity contribution in [3.05, 3.63) is 0 Å². The molecule has 0 saturated carbocycles. The number of alkyl halides is 1. The predicted molar refractivity (Wildman–Crippen MR) is 72.9 cm³/mol. The number of carbonyl (C=O) groups excluding carboxylic acids is 1. The molecule has 0 bridgehead atoms. The third-order valence-electron chi connectivity index (χ3n) is 3.56. The highest BCUT2D eigenvalue weighted by atomic mass is 79.9. The summed E-state index contributed by atoms with van der Waals surface area (Å²) in [4.78, 5) is 13.9. The van der Waals surface area contributed by atoms with E-state index >= 15 is 0 Å². The molecular formula is C13H22BrNO3. The van der Waals surface area contributed by atoms with E-state index < -0.39 is 0 Å². The Kier molecular flexibility index (Phi) is 5.92. The summed E-state index contributed by atoms with van der Waals surface area (Å²) >= 11 is 3.39. The monoisotopic (exact) mass is 319 g/mol. The van der Waals surface area contributed by atoms with Crippen LogP contribution in [0, 0.1) is 0 Å². The molecule has 4 nitrogen and oxygen atoms in total. The minimum atomic E-state index is 0.302. The molecule has 2 heterocycles. The van der Waals surface area contributed by atoms with Gasteiger partial charge < -0.3 is 14.4 Å². The molecular weight excluding hydrogens is 298 g/mol. The molecule has 2 saturated heterocycles. The third kappa shape index (κ3) is 4.21.